The van der Waals surface area contributed by atoms with E-state index in [-0.39, 0.29) is 36.8 Å². The fourth-order valence-electron chi connectivity index (χ4n) is 3.47. The van der Waals surface area contributed by atoms with E-state index in [9.17, 15) is 0 Å². The Bertz CT molecular complexity index is 856. The molecule has 4 radical (unpaired) electrons. The molecule has 0 atom stereocenters. The molecule has 4 rings (SSSR count). The predicted octanol–water partition coefficient (Wildman–Crippen LogP) is 6.58. The molecule has 0 unspecified atom stereocenters. The van der Waals surface area contributed by atoms with Crippen LogP contribution in [0.25, 0.3) is 21.5 Å². The van der Waals surface area contributed by atoms with Gasteiger partial charge in [-0.05, 0) is 13.8 Å². The van der Waals surface area contributed by atoms with Crippen molar-refractivity contribution in [1.82, 2.24) is 0 Å². The van der Waals surface area contributed by atoms with Crippen molar-refractivity contribution in [3.63, 3.8) is 0 Å². The van der Waals surface area contributed by atoms with Crippen molar-refractivity contribution in [3.8, 4) is 0 Å². The van der Waals surface area contributed by atoms with Gasteiger partial charge < -0.3 is 0 Å². The summed E-state index contributed by atoms with van der Waals surface area (Å²) in [5.41, 5.74) is 8.24. The number of rotatable bonds is 0. The van der Waals surface area contributed by atoms with E-state index in [0.29, 0.717) is 0 Å². The molecule has 0 aromatic heterocycles. The van der Waals surface area contributed by atoms with Crippen molar-refractivity contribution < 1.29 is 25.8 Å². The largest absolute Gasteiger partial charge is 0.165 e. The van der Waals surface area contributed by atoms with E-state index in [4.69, 9.17) is 0 Å². The normalized spacial score (nSPS) is 10.1. The van der Waals surface area contributed by atoms with Gasteiger partial charge in [0.2, 0.25) is 0 Å². The zero-order valence-electron chi connectivity index (χ0n) is 16.6. The van der Waals surface area contributed by atoms with Crippen molar-refractivity contribution in [3.05, 3.63) is 81.9 Å². The number of hydrogen-bond donors (Lipinski definition) is 0. The second kappa shape index (κ2) is 9.10. The Balaban J connectivity index is 0.000000241. The molecule has 0 aliphatic rings. The minimum absolute atomic E-state index is 0. The molecule has 4 aromatic carbocycles. The van der Waals surface area contributed by atoms with E-state index < -0.39 is 0 Å². The SMILES string of the molecule is Cc1cc2c(C)ccc(C)c2[cH-]1.Cc1cc2c(C)ccc(C)c2[cH-]1.[Hf].[Si]. The van der Waals surface area contributed by atoms with Gasteiger partial charge in [-0.3, -0.25) is 0 Å². The molecule has 0 bridgehead atoms. The number of fused-ring (bicyclic) bond motifs is 2. The molecule has 26 heavy (non-hydrogen) atoms. The Hall–Kier alpha value is -1.25. The molecule has 0 N–H and O–H groups in total. The quantitative estimate of drug-likeness (QED) is 0.181. The van der Waals surface area contributed by atoms with Crippen molar-refractivity contribution in [2.75, 3.05) is 0 Å². The maximum Gasteiger partial charge on any atom is 0 e. The Morgan fingerprint density at radius 1 is 0.538 bits per heavy atom. The monoisotopic (exact) mass is 522 g/mol. The molecule has 0 saturated heterocycles. The van der Waals surface area contributed by atoms with Gasteiger partial charge in [0.05, 0.1) is 0 Å². The molecule has 132 valence electrons. The second-order valence-corrected chi connectivity index (χ2v) is 7.12. The molecular formula is C24H26HfSi-2. The zero-order valence-corrected chi connectivity index (χ0v) is 21.2. The molecular weight excluding hydrogens is 495 g/mol. The third-order valence-electron chi connectivity index (χ3n) is 4.93. The van der Waals surface area contributed by atoms with Crippen molar-refractivity contribution in [2.45, 2.75) is 41.5 Å². The average molecular weight is 521 g/mol. The number of benzene rings is 2. The van der Waals surface area contributed by atoms with E-state index in [1.807, 2.05) is 0 Å². The summed E-state index contributed by atoms with van der Waals surface area (Å²) in [5, 5.41) is 5.64. The molecule has 0 nitrogen and oxygen atoms in total. The Morgan fingerprint density at radius 3 is 1.15 bits per heavy atom. The van der Waals surface area contributed by atoms with Gasteiger partial charge >= 0.3 is 0 Å². The van der Waals surface area contributed by atoms with E-state index in [2.05, 4.69) is 90.1 Å². The van der Waals surface area contributed by atoms with Gasteiger partial charge in [-0.1, -0.05) is 51.0 Å². The fourth-order valence-corrected chi connectivity index (χ4v) is 3.47. The fraction of sp³-hybridized carbons (Fsp3) is 0.250. The van der Waals surface area contributed by atoms with E-state index >= 15 is 0 Å². The van der Waals surface area contributed by atoms with Crippen LogP contribution in [0, 0.1) is 41.5 Å². The Morgan fingerprint density at radius 2 is 0.846 bits per heavy atom. The molecule has 0 heterocycles. The van der Waals surface area contributed by atoms with Gasteiger partial charge in [0.25, 0.3) is 0 Å². The van der Waals surface area contributed by atoms with Crippen LogP contribution in [0.15, 0.2) is 48.5 Å². The average Bonchev–Trinajstić information content (AvgIpc) is 3.12. The summed E-state index contributed by atoms with van der Waals surface area (Å²) in [7, 11) is 0. The van der Waals surface area contributed by atoms with Gasteiger partial charge in [-0.2, -0.15) is 12.1 Å². The van der Waals surface area contributed by atoms with Crippen LogP contribution in [0.5, 0.6) is 0 Å². The van der Waals surface area contributed by atoms with Crippen LogP contribution < -0.4 is 0 Å². The first-order valence-corrected chi connectivity index (χ1v) is 8.63. The van der Waals surface area contributed by atoms with Crippen LogP contribution in [-0.2, 0) is 25.8 Å². The van der Waals surface area contributed by atoms with Crippen LogP contribution in [0.3, 0.4) is 0 Å². The summed E-state index contributed by atoms with van der Waals surface area (Å²) < 4.78 is 0. The van der Waals surface area contributed by atoms with Crippen LogP contribution in [0.4, 0.5) is 0 Å². The van der Waals surface area contributed by atoms with E-state index in [1.165, 1.54) is 54.9 Å². The second-order valence-electron chi connectivity index (χ2n) is 7.12. The Kier molecular flexibility index (Phi) is 7.98. The molecule has 4 aromatic rings. The van der Waals surface area contributed by atoms with Crippen molar-refractivity contribution >= 4 is 32.5 Å². The first kappa shape index (κ1) is 22.8. The predicted molar refractivity (Wildman–Crippen MR) is 113 cm³/mol. The summed E-state index contributed by atoms with van der Waals surface area (Å²) in [4.78, 5) is 0. The van der Waals surface area contributed by atoms with Crippen LogP contribution in [0.1, 0.15) is 33.4 Å². The molecule has 0 aliphatic heterocycles. The standard InChI is InChI=1S/2C12H13.Hf.Si/c2*1-8-6-11-9(2)4-5-10(3)12(11)7-8;;/h2*4-7H,1-3H3;;/q2*-1;;. The summed E-state index contributed by atoms with van der Waals surface area (Å²) in [6.07, 6.45) is 0. The minimum atomic E-state index is 0. The van der Waals surface area contributed by atoms with Crippen molar-refractivity contribution in [2.24, 2.45) is 0 Å². The molecule has 0 amide bonds. The van der Waals surface area contributed by atoms with E-state index in [1.54, 1.807) is 0 Å². The minimum Gasteiger partial charge on any atom is -0.165 e. The van der Waals surface area contributed by atoms with E-state index in [0.717, 1.165) is 0 Å². The number of hydrogen-bond acceptors (Lipinski definition) is 0. The Labute approximate surface area is 181 Å². The van der Waals surface area contributed by atoms with Crippen LogP contribution in [-0.4, -0.2) is 11.0 Å². The molecule has 0 aliphatic carbocycles. The van der Waals surface area contributed by atoms with Gasteiger partial charge in [0.15, 0.2) is 0 Å². The zero-order chi connectivity index (χ0) is 17.4. The van der Waals surface area contributed by atoms with Gasteiger partial charge in [-0.15, -0.1) is 68.1 Å². The van der Waals surface area contributed by atoms with Gasteiger partial charge in [0, 0.05) is 36.8 Å². The third kappa shape index (κ3) is 4.53. The maximum absolute atomic E-state index is 2.26. The van der Waals surface area contributed by atoms with Gasteiger partial charge in [-0.25, -0.2) is 0 Å². The molecule has 0 fully saturated rings. The van der Waals surface area contributed by atoms with Crippen LogP contribution in [0.2, 0.25) is 0 Å². The summed E-state index contributed by atoms with van der Waals surface area (Å²) >= 11 is 0. The smallest absolute Gasteiger partial charge is 0 e. The molecule has 0 spiro atoms. The first-order valence-electron chi connectivity index (χ1n) is 8.63. The summed E-state index contributed by atoms with van der Waals surface area (Å²) in [6, 6.07) is 17.8. The van der Waals surface area contributed by atoms with Crippen molar-refractivity contribution in [1.29, 1.82) is 0 Å². The van der Waals surface area contributed by atoms with Gasteiger partial charge in [0.1, 0.15) is 0 Å². The topological polar surface area (TPSA) is 0 Å². The third-order valence-corrected chi connectivity index (χ3v) is 4.93. The van der Waals surface area contributed by atoms with Crippen LogP contribution >= 0.6 is 0 Å². The first-order chi connectivity index (χ1) is 11.4. The summed E-state index contributed by atoms with van der Waals surface area (Å²) in [6.45, 7) is 13.0. The molecule has 2 heteroatoms. The maximum atomic E-state index is 2.26. The number of aryl methyl sites for hydroxylation is 6. The summed E-state index contributed by atoms with van der Waals surface area (Å²) in [5.74, 6) is 0. The molecule has 0 saturated carbocycles.